The van der Waals surface area contributed by atoms with Crippen molar-refractivity contribution in [3.8, 4) is 11.6 Å². The Hall–Kier alpha value is -2.59. The van der Waals surface area contributed by atoms with Crippen LogP contribution in [0.2, 0.25) is 0 Å². The summed E-state index contributed by atoms with van der Waals surface area (Å²) >= 11 is 6.45. The molecule has 0 N–H and O–H groups in total. The molecule has 0 fully saturated rings. The van der Waals surface area contributed by atoms with E-state index in [-0.39, 0.29) is 5.56 Å². The number of carbonyl (C=O) groups excluding carboxylic acids is 1. The Morgan fingerprint density at radius 1 is 1.08 bits per heavy atom. The van der Waals surface area contributed by atoms with Gasteiger partial charge in [0.25, 0.3) is 5.56 Å². The van der Waals surface area contributed by atoms with Crippen molar-refractivity contribution in [3.05, 3.63) is 70.0 Å². The lowest BCUT2D eigenvalue weighted by Crippen LogP contribution is -2.21. The molecule has 1 aliphatic heterocycles. The third-order valence-electron chi connectivity index (χ3n) is 4.32. The molecule has 2 heterocycles. The first-order valence-electron chi connectivity index (χ1n) is 7.62. The fraction of sp³-hybridized carbons (Fsp3) is 0.158. The van der Waals surface area contributed by atoms with Gasteiger partial charge in [0.15, 0.2) is 12.4 Å². The first kappa shape index (κ1) is 15.0. The van der Waals surface area contributed by atoms with Crippen molar-refractivity contribution in [2.45, 2.75) is 18.4 Å². The molecule has 1 aliphatic rings. The minimum atomic E-state index is -0.802. The Labute approximate surface area is 143 Å². The van der Waals surface area contributed by atoms with E-state index < -0.39 is 11.5 Å². The number of rotatable bonds is 2. The van der Waals surface area contributed by atoms with E-state index in [1.54, 1.807) is 6.07 Å². The van der Waals surface area contributed by atoms with Gasteiger partial charge in [0.05, 0.1) is 5.69 Å². The van der Waals surface area contributed by atoms with Gasteiger partial charge in [0, 0.05) is 10.9 Å². The van der Waals surface area contributed by atoms with Crippen LogP contribution in [0.15, 0.2) is 53.3 Å². The molecule has 0 radical (unpaired) electrons. The van der Waals surface area contributed by atoms with E-state index in [2.05, 4.69) is 0 Å². The van der Waals surface area contributed by atoms with Crippen LogP contribution in [0.25, 0.3) is 16.5 Å². The second kappa shape index (κ2) is 5.49. The quantitative estimate of drug-likeness (QED) is 0.530. The second-order valence-corrected chi connectivity index (χ2v) is 6.33. The summed E-state index contributed by atoms with van der Waals surface area (Å²) in [5, 5.41) is 0.655. The number of aryl methyl sites for hydroxylation is 1. The van der Waals surface area contributed by atoms with E-state index in [0.717, 1.165) is 10.9 Å². The van der Waals surface area contributed by atoms with Crippen LogP contribution in [0.1, 0.15) is 16.5 Å². The van der Waals surface area contributed by atoms with Crippen LogP contribution in [0.5, 0.6) is 5.88 Å². The topological polar surface area (TPSA) is 48.3 Å². The zero-order valence-corrected chi connectivity index (χ0v) is 13.7. The van der Waals surface area contributed by atoms with E-state index in [1.807, 2.05) is 49.4 Å². The highest BCUT2D eigenvalue weighted by atomic mass is 35.5. The number of hydrogen-bond donors (Lipinski definition) is 0. The van der Waals surface area contributed by atoms with Crippen molar-refractivity contribution in [1.29, 1.82) is 0 Å². The maximum Gasteiger partial charge on any atom is 0.265 e. The maximum atomic E-state index is 13.0. The van der Waals surface area contributed by atoms with Gasteiger partial charge >= 0.3 is 0 Å². The number of fused-ring (bicyclic) bond motifs is 3. The van der Waals surface area contributed by atoms with Gasteiger partial charge in [-0.2, -0.15) is 0 Å². The zero-order valence-electron chi connectivity index (χ0n) is 12.9. The van der Waals surface area contributed by atoms with Gasteiger partial charge in [0.1, 0.15) is 5.38 Å². The summed E-state index contributed by atoms with van der Waals surface area (Å²) in [7, 11) is 0. The van der Waals surface area contributed by atoms with E-state index in [4.69, 9.17) is 16.3 Å². The first-order valence-corrected chi connectivity index (χ1v) is 8.06. The van der Waals surface area contributed by atoms with Crippen LogP contribution in [0.4, 0.5) is 0 Å². The van der Waals surface area contributed by atoms with E-state index >= 15 is 0 Å². The van der Waals surface area contributed by atoms with Gasteiger partial charge in [-0.1, -0.05) is 35.9 Å². The van der Waals surface area contributed by atoms with Crippen LogP contribution in [-0.4, -0.2) is 17.0 Å². The first-order chi connectivity index (χ1) is 11.6. The molecule has 4 rings (SSSR count). The van der Waals surface area contributed by atoms with Gasteiger partial charge < -0.3 is 4.74 Å². The number of nitrogens with zero attached hydrogens (tertiary/aromatic N) is 1. The Balaban J connectivity index is 2.12. The van der Waals surface area contributed by atoms with Gasteiger partial charge in [0.2, 0.25) is 5.88 Å². The molecule has 2 unspecified atom stereocenters. The molecule has 0 aliphatic carbocycles. The van der Waals surface area contributed by atoms with Crippen molar-refractivity contribution in [3.63, 3.8) is 0 Å². The normalized spacial score (nSPS) is 19.1. The number of benzene rings is 2. The van der Waals surface area contributed by atoms with E-state index in [9.17, 15) is 9.59 Å². The molecule has 5 heteroatoms. The summed E-state index contributed by atoms with van der Waals surface area (Å²) in [5.74, 6) is 0.347. The Morgan fingerprint density at radius 3 is 2.42 bits per heavy atom. The average Bonchev–Trinajstić information content (AvgIpc) is 2.93. The zero-order chi connectivity index (χ0) is 16.8. The Bertz CT molecular complexity index is 1010. The highest BCUT2D eigenvalue weighted by molar-refractivity contribution is 6.24. The van der Waals surface area contributed by atoms with E-state index in [1.165, 1.54) is 4.57 Å². The fourth-order valence-corrected chi connectivity index (χ4v) is 3.44. The highest BCUT2D eigenvalue weighted by Crippen LogP contribution is 2.44. The predicted molar refractivity (Wildman–Crippen MR) is 93.4 cm³/mol. The van der Waals surface area contributed by atoms with Crippen LogP contribution < -0.4 is 10.3 Å². The lowest BCUT2D eigenvalue weighted by atomic mass is 10.0. The Kier molecular flexibility index (Phi) is 3.43. The molecule has 0 saturated carbocycles. The minimum absolute atomic E-state index is 0.191. The molecule has 2 atom stereocenters. The van der Waals surface area contributed by atoms with Crippen LogP contribution in [0, 0.1) is 6.92 Å². The molecule has 3 aromatic rings. The average molecular weight is 340 g/mol. The van der Waals surface area contributed by atoms with Gasteiger partial charge in [-0.05, 0) is 30.5 Å². The van der Waals surface area contributed by atoms with E-state index in [0.29, 0.717) is 28.8 Å². The van der Waals surface area contributed by atoms with Gasteiger partial charge in [-0.25, -0.2) is 4.57 Å². The standard InChI is InChI=1S/C19H14ClNO3/c1-11-6-8-12(9-7-11)21-18(23)14-5-3-2-4-13(14)16-17(20)15(10-22)24-19(16)21/h2-10,15,17H,1H3. The second-order valence-electron chi connectivity index (χ2n) is 5.86. The molecule has 1 aromatic heterocycles. The number of halogens is 1. The maximum absolute atomic E-state index is 13.0. The SMILES string of the molecule is Cc1ccc(-n2c3c(c4ccccc4c2=O)C(Cl)C(C=O)O3)cc1. The van der Waals surface area contributed by atoms with Crippen molar-refractivity contribution in [1.82, 2.24) is 4.57 Å². The molecule has 120 valence electrons. The molecule has 0 spiro atoms. The number of carbonyl (C=O) groups is 1. The summed E-state index contributed by atoms with van der Waals surface area (Å²) in [6.45, 7) is 1.98. The summed E-state index contributed by atoms with van der Waals surface area (Å²) in [6.07, 6.45) is -0.125. The van der Waals surface area contributed by atoms with Crippen molar-refractivity contribution >= 4 is 28.7 Å². The monoisotopic (exact) mass is 339 g/mol. The minimum Gasteiger partial charge on any atom is -0.465 e. The molecule has 2 aromatic carbocycles. The molecule has 0 bridgehead atoms. The molecule has 0 saturated heterocycles. The third-order valence-corrected chi connectivity index (χ3v) is 4.79. The number of ether oxygens (including phenoxy) is 1. The lowest BCUT2D eigenvalue weighted by Gasteiger charge is -2.14. The van der Waals surface area contributed by atoms with Crippen LogP contribution in [-0.2, 0) is 4.79 Å². The lowest BCUT2D eigenvalue weighted by molar-refractivity contribution is -0.113. The molecule has 0 amide bonds. The largest absolute Gasteiger partial charge is 0.465 e. The number of aldehydes is 1. The third kappa shape index (κ3) is 2.07. The Morgan fingerprint density at radius 2 is 1.75 bits per heavy atom. The number of hydrogen-bond acceptors (Lipinski definition) is 3. The fourth-order valence-electron chi connectivity index (χ4n) is 3.11. The molecular formula is C19H14ClNO3. The van der Waals surface area contributed by atoms with Crippen LogP contribution >= 0.6 is 11.6 Å². The number of aromatic nitrogens is 1. The summed E-state index contributed by atoms with van der Waals surface area (Å²) in [5.41, 5.74) is 2.27. The smallest absolute Gasteiger partial charge is 0.265 e. The van der Waals surface area contributed by atoms with Crippen molar-refractivity contribution in [2.24, 2.45) is 0 Å². The summed E-state index contributed by atoms with van der Waals surface area (Å²) in [4.78, 5) is 24.3. The predicted octanol–water partition coefficient (Wildman–Crippen LogP) is 3.54. The van der Waals surface area contributed by atoms with Crippen molar-refractivity contribution in [2.75, 3.05) is 0 Å². The molecule has 24 heavy (non-hydrogen) atoms. The summed E-state index contributed by atoms with van der Waals surface area (Å²) in [6, 6.07) is 14.8. The van der Waals surface area contributed by atoms with Crippen LogP contribution in [0.3, 0.4) is 0 Å². The summed E-state index contributed by atoms with van der Waals surface area (Å²) < 4.78 is 7.23. The number of pyridine rings is 1. The van der Waals surface area contributed by atoms with Crippen molar-refractivity contribution < 1.29 is 9.53 Å². The molecular weight excluding hydrogens is 326 g/mol. The van der Waals surface area contributed by atoms with Gasteiger partial charge in [-0.15, -0.1) is 11.6 Å². The number of alkyl halides is 1. The molecule has 4 nitrogen and oxygen atoms in total. The van der Waals surface area contributed by atoms with Gasteiger partial charge in [-0.3, -0.25) is 9.59 Å². The highest BCUT2D eigenvalue weighted by Gasteiger charge is 2.37.